The summed E-state index contributed by atoms with van der Waals surface area (Å²) in [5.41, 5.74) is 8.75. The van der Waals surface area contributed by atoms with Gasteiger partial charge in [0, 0.05) is 25.4 Å². The third kappa shape index (κ3) is 3.28. The van der Waals surface area contributed by atoms with Gasteiger partial charge >= 0.3 is 0 Å². The number of carbonyl (C=O) groups excluding carboxylic acids is 1. The second-order valence-corrected chi connectivity index (χ2v) is 4.50. The number of carbonyl (C=O) groups is 1. The summed E-state index contributed by atoms with van der Waals surface area (Å²) in [7, 11) is 1.87. The summed E-state index contributed by atoms with van der Waals surface area (Å²) in [5, 5.41) is 10.2. The molecule has 4 N–H and O–H groups in total. The van der Waals surface area contributed by atoms with Gasteiger partial charge in [-0.2, -0.15) is 5.10 Å². The van der Waals surface area contributed by atoms with Crippen LogP contribution in [0.3, 0.4) is 0 Å². The van der Waals surface area contributed by atoms with E-state index in [9.17, 15) is 4.79 Å². The second kappa shape index (κ2) is 6.10. The van der Waals surface area contributed by atoms with E-state index in [0.717, 1.165) is 11.4 Å². The SMILES string of the molecule is CCNC(=O)c1ccc(N)c(NCc2ccn(C)n2)c1. The Morgan fingerprint density at radius 3 is 2.85 bits per heavy atom. The molecular weight excluding hydrogens is 254 g/mol. The summed E-state index contributed by atoms with van der Waals surface area (Å²) in [6.07, 6.45) is 1.88. The van der Waals surface area contributed by atoms with E-state index in [0.29, 0.717) is 24.3 Å². The predicted molar refractivity (Wildman–Crippen MR) is 79.4 cm³/mol. The van der Waals surface area contributed by atoms with Crippen molar-refractivity contribution in [1.82, 2.24) is 15.1 Å². The lowest BCUT2D eigenvalue weighted by molar-refractivity contribution is 0.0956. The lowest BCUT2D eigenvalue weighted by atomic mass is 10.1. The molecule has 6 heteroatoms. The summed E-state index contributed by atoms with van der Waals surface area (Å²) in [4.78, 5) is 11.8. The van der Waals surface area contributed by atoms with Gasteiger partial charge in [0.15, 0.2) is 0 Å². The lowest BCUT2D eigenvalue weighted by Crippen LogP contribution is -2.22. The van der Waals surface area contributed by atoms with E-state index in [1.54, 1.807) is 22.9 Å². The van der Waals surface area contributed by atoms with Crippen molar-refractivity contribution in [3.05, 3.63) is 41.7 Å². The maximum atomic E-state index is 11.8. The van der Waals surface area contributed by atoms with Gasteiger partial charge in [-0.1, -0.05) is 0 Å². The van der Waals surface area contributed by atoms with E-state index in [2.05, 4.69) is 15.7 Å². The van der Waals surface area contributed by atoms with Crippen molar-refractivity contribution in [2.24, 2.45) is 7.05 Å². The maximum absolute atomic E-state index is 11.8. The Kier molecular flexibility index (Phi) is 4.24. The Balaban J connectivity index is 2.10. The number of aryl methyl sites for hydroxylation is 1. The number of benzene rings is 1. The predicted octanol–water partition coefficient (Wildman–Crippen LogP) is 1.36. The second-order valence-electron chi connectivity index (χ2n) is 4.50. The van der Waals surface area contributed by atoms with Gasteiger partial charge in [0.1, 0.15) is 0 Å². The van der Waals surface area contributed by atoms with E-state index < -0.39 is 0 Å². The average Bonchev–Trinajstić information content (AvgIpc) is 2.84. The number of nitrogen functional groups attached to an aromatic ring is 1. The van der Waals surface area contributed by atoms with E-state index in [-0.39, 0.29) is 5.91 Å². The molecule has 0 radical (unpaired) electrons. The van der Waals surface area contributed by atoms with E-state index in [1.807, 2.05) is 26.2 Å². The van der Waals surface area contributed by atoms with Crippen molar-refractivity contribution in [2.45, 2.75) is 13.5 Å². The number of anilines is 2. The molecular formula is C14H19N5O. The molecule has 0 saturated heterocycles. The summed E-state index contributed by atoms with van der Waals surface area (Å²) in [5.74, 6) is -0.103. The summed E-state index contributed by atoms with van der Waals surface area (Å²) < 4.78 is 1.74. The number of hydrogen-bond acceptors (Lipinski definition) is 4. The topological polar surface area (TPSA) is 85.0 Å². The Bertz CT molecular complexity index is 605. The highest BCUT2D eigenvalue weighted by Crippen LogP contribution is 2.20. The molecule has 0 unspecified atom stereocenters. The Hall–Kier alpha value is -2.50. The van der Waals surface area contributed by atoms with Gasteiger partial charge in [-0.25, -0.2) is 0 Å². The number of nitrogens with two attached hydrogens (primary N) is 1. The quantitative estimate of drug-likeness (QED) is 0.718. The van der Waals surface area contributed by atoms with Crippen LogP contribution in [0.25, 0.3) is 0 Å². The van der Waals surface area contributed by atoms with E-state index in [4.69, 9.17) is 5.73 Å². The van der Waals surface area contributed by atoms with Crippen LogP contribution in [0.4, 0.5) is 11.4 Å². The smallest absolute Gasteiger partial charge is 0.251 e. The molecule has 1 aromatic heterocycles. The van der Waals surface area contributed by atoms with Crippen molar-refractivity contribution < 1.29 is 4.79 Å². The molecule has 2 aromatic rings. The average molecular weight is 273 g/mol. The van der Waals surface area contributed by atoms with Gasteiger partial charge < -0.3 is 16.4 Å². The number of nitrogens with one attached hydrogen (secondary N) is 2. The first-order valence-electron chi connectivity index (χ1n) is 6.50. The standard InChI is InChI=1S/C14H19N5O/c1-3-16-14(20)10-4-5-12(15)13(8-10)17-9-11-6-7-19(2)18-11/h4-8,17H,3,9,15H2,1-2H3,(H,16,20). The van der Waals surface area contributed by atoms with E-state index in [1.165, 1.54) is 0 Å². The molecule has 0 aliphatic rings. The van der Waals surface area contributed by atoms with Gasteiger partial charge in [-0.3, -0.25) is 9.48 Å². The molecule has 0 fully saturated rings. The Labute approximate surface area is 118 Å². The normalized spacial score (nSPS) is 10.3. The van der Waals surface area contributed by atoms with Crippen LogP contribution in [0.1, 0.15) is 23.0 Å². The highest BCUT2D eigenvalue weighted by atomic mass is 16.1. The van der Waals surface area contributed by atoms with Crippen LogP contribution in [0, 0.1) is 0 Å². The lowest BCUT2D eigenvalue weighted by Gasteiger charge is -2.10. The van der Waals surface area contributed by atoms with Crippen LogP contribution in [-0.4, -0.2) is 22.2 Å². The van der Waals surface area contributed by atoms with Crippen LogP contribution >= 0.6 is 0 Å². The van der Waals surface area contributed by atoms with Crippen molar-refractivity contribution in [2.75, 3.05) is 17.6 Å². The number of aromatic nitrogens is 2. The number of nitrogens with zero attached hydrogens (tertiary/aromatic N) is 2. The molecule has 106 valence electrons. The van der Waals surface area contributed by atoms with Crippen molar-refractivity contribution >= 4 is 17.3 Å². The van der Waals surface area contributed by atoms with Crippen molar-refractivity contribution in [1.29, 1.82) is 0 Å². The van der Waals surface area contributed by atoms with Crippen molar-refractivity contribution in [3.8, 4) is 0 Å². The third-order valence-corrected chi connectivity index (χ3v) is 2.88. The first kappa shape index (κ1) is 13.9. The highest BCUT2D eigenvalue weighted by Gasteiger charge is 2.07. The first-order chi connectivity index (χ1) is 9.60. The molecule has 0 spiro atoms. The minimum atomic E-state index is -0.103. The molecule has 1 amide bonds. The Morgan fingerprint density at radius 1 is 1.40 bits per heavy atom. The largest absolute Gasteiger partial charge is 0.397 e. The molecule has 0 bridgehead atoms. The molecule has 0 aliphatic carbocycles. The van der Waals surface area contributed by atoms with Gasteiger partial charge in [0.25, 0.3) is 5.91 Å². The number of rotatable bonds is 5. The molecule has 1 aromatic carbocycles. The van der Waals surface area contributed by atoms with Crippen LogP contribution in [0.15, 0.2) is 30.5 Å². The zero-order chi connectivity index (χ0) is 14.5. The molecule has 20 heavy (non-hydrogen) atoms. The van der Waals surface area contributed by atoms with Gasteiger partial charge in [-0.15, -0.1) is 0 Å². The van der Waals surface area contributed by atoms with Crippen LogP contribution in [0.2, 0.25) is 0 Å². The maximum Gasteiger partial charge on any atom is 0.251 e. The van der Waals surface area contributed by atoms with Crippen molar-refractivity contribution in [3.63, 3.8) is 0 Å². The molecule has 6 nitrogen and oxygen atoms in total. The number of hydrogen-bond donors (Lipinski definition) is 3. The Morgan fingerprint density at radius 2 is 2.20 bits per heavy atom. The van der Waals surface area contributed by atoms with Gasteiger partial charge in [-0.05, 0) is 31.2 Å². The molecule has 1 heterocycles. The molecule has 0 atom stereocenters. The van der Waals surface area contributed by atoms with Gasteiger partial charge in [0.2, 0.25) is 0 Å². The zero-order valence-corrected chi connectivity index (χ0v) is 11.7. The fourth-order valence-corrected chi connectivity index (χ4v) is 1.86. The van der Waals surface area contributed by atoms with Gasteiger partial charge in [0.05, 0.1) is 23.6 Å². The molecule has 2 rings (SSSR count). The van der Waals surface area contributed by atoms with Crippen LogP contribution in [0.5, 0.6) is 0 Å². The summed E-state index contributed by atoms with van der Waals surface area (Å²) in [6.45, 7) is 3.04. The zero-order valence-electron chi connectivity index (χ0n) is 11.7. The minimum Gasteiger partial charge on any atom is -0.397 e. The molecule has 0 saturated carbocycles. The minimum absolute atomic E-state index is 0.103. The fraction of sp³-hybridized carbons (Fsp3) is 0.286. The summed E-state index contributed by atoms with van der Waals surface area (Å²) in [6, 6.07) is 7.12. The van der Waals surface area contributed by atoms with Crippen LogP contribution < -0.4 is 16.4 Å². The third-order valence-electron chi connectivity index (χ3n) is 2.88. The van der Waals surface area contributed by atoms with E-state index >= 15 is 0 Å². The highest BCUT2D eigenvalue weighted by molar-refractivity contribution is 5.96. The monoisotopic (exact) mass is 273 g/mol. The number of amides is 1. The first-order valence-corrected chi connectivity index (χ1v) is 6.50. The fourth-order valence-electron chi connectivity index (χ4n) is 1.86. The molecule has 0 aliphatic heterocycles. The van der Waals surface area contributed by atoms with Crippen LogP contribution in [-0.2, 0) is 13.6 Å². The summed E-state index contributed by atoms with van der Waals surface area (Å²) >= 11 is 0.